The number of nitrogens with one attached hydrogen (secondary N) is 1. The first-order valence-electron chi connectivity index (χ1n) is 6.11. The Balaban J connectivity index is 2.07. The summed E-state index contributed by atoms with van der Waals surface area (Å²) in [6, 6.07) is 7.55. The molecule has 1 saturated heterocycles. The number of carbonyl (C=O) groups excluding carboxylic acids is 1. The second kappa shape index (κ2) is 6.07. The molecular formula is C13H17ClN2O2. The van der Waals surface area contributed by atoms with Gasteiger partial charge < -0.3 is 15.0 Å². The first kappa shape index (κ1) is 13.2. The summed E-state index contributed by atoms with van der Waals surface area (Å²) >= 11 is 6.15. The highest BCUT2D eigenvalue weighted by Gasteiger charge is 2.26. The zero-order valence-corrected chi connectivity index (χ0v) is 11.1. The van der Waals surface area contributed by atoms with Crippen molar-refractivity contribution in [3.63, 3.8) is 0 Å². The van der Waals surface area contributed by atoms with Crippen LogP contribution in [-0.2, 0) is 4.74 Å². The molecule has 0 aromatic heterocycles. The molecule has 18 heavy (non-hydrogen) atoms. The van der Waals surface area contributed by atoms with Crippen molar-refractivity contribution >= 4 is 17.6 Å². The molecule has 0 spiro atoms. The third kappa shape index (κ3) is 2.94. The Labute approximate surface area is 112 Å². The fourth-order valence-corrected chi connectivity index (χ4v) is 2.28. The summed E-state index contributed by atoms with van der Waals surface area (Å²) in [5.41, 5.74) is 0.938. The smallest absolute Gasteiger partial charge is 0.317 e. The van der Waals surface area contributed by atoms with E-state index in [1.54, 1.807) is 4.90 Å². The molecule has 1 aromatic rings. The Hall–Kier alpha value is -1.26. The number of morpholine rings is 1. The second-order valence-corrected chi connectivity index (χ2v) is 4.57. The van der Waals surface area contributed by atoms with E-state index < -0.39 is 0 Å². The predicted molar refractivity (Wildman–Crippen MR) is 70.8 cm³/mol. The van der Waals surface area contributed by atoms with Crippen LogP contribution < -0.4 is 5.32 Å². The number of hydrogen-bond donors (Lipinski definition) is 1. The van der Waals surface area contributed by atoms with Crippen LogP contribution in [0.3, 0.4) is 0 Å². The first-order chi connectivity index (χ1) is 8.72. The number of ether oxygens (including phenoxy) is 1. The standard InChI is InChI=1S/C13H17ClN2O2/c1-2-15-13(17)16-7-8-18-12(9-16)10-5-3-4-6-11(10)14/h3-6,12H,2,7-9H2,1H3,(H,15,17)/t12-/m1/s1. The lowest BCUT2D eigenvalue weighted by molar-refractivity contribution is -0.0153. The number of amides is 2. The minimum Gasteiger partial charge on any atom is -0.370 e. The summed E-state index contributed by atoms with van der Waals surface area (Å²) in [6.07, 6.45) is -0.143. The molecular weight excluding hydrogens is 252 g/mol. The molecule has 1 aliphatic heterocycles. The van der Waals surface area contributed by atoms with E-state index in [0.717, 1.165) is 5.56 Å². The van der Waals surface area contributed by atoms with Crippen LogP contribution in [0.2, 0.25) is 5.02 Å². The van der Waals surface area contributed by atoms with Crippen molar-refractivity contribution in [1.29, 1.82) is 0 Å². The third-order valence-electron chi connectivity index (χ3n) is 2.93. The monoisotopic (exact) mass is 268 g/mol. The number of urea groups is 1. The Bertz CT molecular complexity index is 425. The Kier molecular flexibility index (Phi) is 4.44. The van der Waals surface area contributed by atoms with Crippen LogP contribution >= 0.6 is 11.6 Å². The zero-order chi connectivity index (χ0) is 13.0. The quantitative estimate of drug-likeness (QED) is 0.895. The number of carbonyl (C=O) groups is 1. The van der Waals surface area contributed by atoms with Crippen molar-refractivity contribution < 1.29 is 9.53 Å². The molecule has 0 aliphatic carbocycles. The lowest BCUT2D eigenvalue weighted by Crippen LogP contribution is -2.47. The van der Waals surface area contributed by atoms with Crippen LogP contribution in [0.15, 0.2) is 24.3 Å². The minimum absolute atomic E-state index is 0.0437. The summed E-state index contributed by atoms with van der Waals surface area (Å²) < 4.78 is 5.70. The SMILES string of the molecule is CCNC(=O)N1CCO[C@@H](c2ccccc2Cl)C1. The lowest BCUT2D eigenvalue weighted by Gasteiger charge is -2.33. The molecule has 1 fully saturated rings. The molecule has 1 atom stereocenters. The fourth-order valence-electron chi connectivity index (χ4n) is 2.02. The van der Waals surface area contributed by atoms with Crippen molar-refractivity contribution in [1.82, 2.24) is 10.2 Å². The van der Waals surface area contributed by atoms with E-state index in [1.165, 1.54) is 0 Å². The average Bonchev–Trinajstić information content (AvgIpc) is 2.40. The molecule has 4 nitrogen and oxygen atoms in total. The van der Waals surface area contributed by atoms with Crippen LogP contribution in [0.4, 0.5) is 4.79 Å². The highest BCUT2D eigenvalue weighted by atomic mass is 35.5. The Morgan fingerprint density at radius 3 is 3.06 bits per heavy atom. The Morgan fingerprint density at radius 2 is 2.33 bits per heavy atom. The van der Waals surface area contributed by atoms with Crippen LogP contribution in [0.1, 0.15) is 18.6 Å². The summed E-state index contributed by atoms with van der Waals surface area (Å²) in [6.45, 7) is 4.23. The highest BCUT2D eigenvalue weighted by Crippen LogP contribution is 2.28. The summed E-state index contributed by atoms with van der Waals surface area (Å²) in [5.74, 6) is 0. The van der Waals surface area contributed by atoms with E-state index in [0.29, 0.717) is 31.3 Å². The minimum atomic E-state index is -0.143. The van der Waals surface area contributed by atoms with Gasteiger partial charge in [-0.3, -0.25) is 0 Å². The van der Waals surface area contributed by atoms with Crippen molar-refractivity contribution in [3.05, 3.63) is 34.9 Å². The van der Waals surface area contributed by atoms with Gasteiger partial charge in [0, 0.05) is 23.7 Å². The molecule has 1 N–H and O–H groups in total. The molecule has 1 heterocycles. The van der Waals surface area contributed by atoms with Gasteiger partial charge in [0.25, 0.3) is 0 Å². The number of benzene rings is 1. The topological polar surface area (TPSA) is 41.6 Å². The summed E-state index contributed by atoms with van der Waals surface area (Å²) in [7, 11) is 0. The van der Waals surface area contributed by atoms with Gasteiger partial charge >= 0.3 is 6.03 Å². The Morgan fingerprint density at radius 1 is 1.56 bits per heavy atom. The summed E-state index contributed by atoms with van der Waals surface area (Å²) in [4.78, 5) is 13.6. The molecule has 2 amide bonds. The molecule has 0 bridgehead atoms. The van der Waals surface area contributed by atoms with E-state index in [4.69, 9.17) is 16.3 Å². The van der Waals surface area contributed by atoms with Crippen molar-refractivity contribution in [2.45, 2.75) is 13.0 Å². The zero-order valence-electron chi connectivity index (χ0n) is 10.4. The number of rotatable bonds is 2. The van der Waals surface area contributed by atoms with Gasteiger partial charge in [0.1, 0.15) is 6.10 Å². The fraction of sp³-hybridized carbons (Fsp3) is 0.462. The van der Waals surface area contributed by atoms with Gasteiger partial charge in [-0.05, 0) is 13.0 Å². The van der Waals surface area contributed by atoms with E-state index in [-0.39, 0.29) is 12.1 Å². The van der Waals surface area contributed by atoms with Gasteiger partial charge in [0.15, 0.2) is 0 Å². The normalized spacial score (nSPS) is 19.7. The van der Waals surface area contributed by atoms with Gasteiger partial charge in [0.05, 0.1) is 13.2 Å². The van der Waals surface area contributed by atoms with Crippen molar-refractivity contribution in [2.75, 3.05) is 26.2 Å². The largest absolute Gasteiger partial charge is 0.370 e. The van der Waals surface area contributed by atoms with Crippen molar-refractivity contribution in [2.24, 2.45) is 0 Å². The van der Waals surface area contributed by atoms with Gasteiger partial charge in [-0.1, -0.05) is 29.8 Å². The summed E-state index contributed by atoms with van der Waals surface area (Å²) in [5, 5.41) is 3.48. The molecule has 2 rings (SSSR count). The number of nitrogens with zero attached hydrogens (tertiary/aromatic N) is 1. The molecule has 0 unspecified atom stereocenters. The van der Waals surface area contributed by atoms with E-state index in [1.807, 2.05) is 31.2 Å². The predicted octanol–water partition coefficient (Wildman–Crippen LogP) is 2.44. The number of halogens is 1. The van der Waals surface area contributed by atoms with Crippen LogP contribution in [0.25, 0.3) is 0 Å². The first-order valence-corrected chi connectivity index (χ1v) is 6.49. The van der Waals surface area contributed by atoms with Crippen LogP contribution in [0, 0.1) is 0 Å². The maximum absolute atomic E-state index is 11.8. The van der Waals surface area contributed by atoms with E-state index in [9.17, 15) is 4.79 Å². The van der Waals surface area contributed by atoms with Gasteiger partial charge in [-0.15, -0.1) is 0 Å². The third-order valence-corrected chi connectivity index (χ3v) is 3.28. The van der Waals surface area contributed by atoms with Crippen LogP contribution in [-0.4, -0.2) is 37.2 Å². The lowest BCUT2D eigenvalue weighted by atomic mass is 10.1. The second-order valence-electron chi connectivity index (χ2n) is 4.16. The molecule has 98 valence electrons. The van der Waals surface area contributed by atoms with Gasteiger partial charge in [-0.25, -0.2) is 4.79 Å². The maximum Gasteiger partial charge on any atom is 0.317 e. The van der Waals surface area contributed by atoms with Gasteiger partial charge in [0.2, 0.25) is 0 Å². The number of hydrogen-bond acceptors (Lipinski definition) is 2. The van der Waals surface area contributed by atoms with E-state index >= 15 is 0 Å². The molecule has 5 heteroatoms. The average molecular weight is 269 g/mol. The van der Waals surface area contributed by atoms with E-state index in [2.05, 4.69) is 5.32 Å². The molecule has 1 aliphatic rings. The maximum atomic E-state index is 11.8. The van der Waals surface area contributed by atoms with Crippen LogP contribution in [0.5, 0.6) is 0 Å². The molecule has 0 saturated carbocycles. The molecule has 0 radical (unpaired) electrons. The van der Waals surface area contributed by atoms with Gasteiger partial charge in [-0.2, -0.15) is 0 Å². The highest BCUT2D eigenvalue weighted by molar-refractivity contribution is 6.31. The van der Waals surface area contributed by atoms with Crippen molar-refractivity contribution in [3.8, 4) is 0 Å². The molecule has 1 aromatic carbocycles.